The van der Waals surface area contributed by atoms with E-state index < -0.39 is 0 Å². The van der Waals surface area contributed by atoms with Crippen molar-refractivity contribution in [3.63, 3.8) is 0 Å². The molecule has 5 heteroatoms. The summed E-state index contributed by atoms with van der Waals surface area (Å²) in [6, 6.07) is 0. The fourth-order valence-corrected chi connectivity index (χ4v) is 2.06. The topological polar surface area (TPSA) is 73.1 Å². The second-order valence-electron chi connectivity index (χ2n) is 5.02. The van der Waals surface area contributed by atoms with Gasteiger partial charge in [0.1, 0.15) is 12.0 Å². The highest BCUT2D eigenvalue weighted by Gasteiger charge is 2.45. The first-order chi connectivity index (χ1) is 8.09. The number of hydrogen-bond donors (Lipinski definition) is 2. The average Bonchev–Trinajstić information content (AvgIpc) is 3.09. The Kier molecular flexibility index (Phi) is 3.09. The highest BCUT2D eigenvalue weighted by molar-refractivity contribution is 5.66. The Labute approximate surface area is 102 Å². The zero-order valence-corrected chi connectivity index (χ0v) is 10.7. The van der Waals surface area contributed by atoms with Gasteiger partial charge in [-0.25, -0.2) is 4.98 Å². The van der Waals surface area contributed by atoms with Crippen molar-refractivity contribution in [3.8, 4) is 5.88 Å². The van der Waals surface area contributed by atoms with Crippen LogP contribution < -0.4 is 15.8 Å². The van der Waals surface area contributed by atoms with Crippen LogP contribution in [0.4, 0.5) is 11.5 Å². The monoisotopic (exact) mass is 236 g/mol. The van der Waals surface area contributed by atoms with Gasteiger partial charge in [-0.05, 0) is 24.2 Å². The maximum Gasteiger partial charge on any atom is 0.242 e. The van der Waals surface area contributed by atoms with Crippen LogP contribution in [-0.4, -0.2) is 23.6 Å². The van der Waals surface area contributed by atoms with Gasteiger partial charge in [0.15, 0.2) is 5.82 Å². The van der Waals surface area contributed by atoms with E-state index in [2.05, 4.69) is 29.1 Å². The number of nitrogens with one attached hydrogen (secondary N) is 1. The third kappa shape index (κ3) is 2.28. The number of nitrogen functional groups attached to an aromatic ring is 1. The molecule has 94 valence electrons. The van der Waals surface area contributed by atoms with Crippen molar-refractivity contribution in [1.82, 2.24) is 9.97 Å². The molecule has 0 spiro atoms. The maximum absolute atomic E-state index is 5.91. The third-order valence-corrected chi connectivity index (χ3v) is 3.77. The van der Waals surface area contributed by atoms with Gasteiger partial charge in [0.05, 0.1) is 7.11 Å². The number of ether oxygens (including phenoxy) is 1. The Balaban J connectivity index is 2.05. The second-order valence-corrected chi connectivity index (χ2v) is 5.02. The van der Waals surface area contributed by atoms with Crippen molar-refractivity contribution in [3.05, 3.63) is 6.33 Å². The zero-order chi connectivity index (χ0) is 12.5. The van der Waals surface area contributed by atoms with Crippen LogP contribution in [0.2, 0.25) is 0 Å². The molecule has 5 nitrogen and oxygen atoms in total. The van der Waals surface area contributed by atoms with Crippen molar-refractivity contribution in [2.75, 3.05) is 24.7 Å². The van der Waals surface area contributed by atoms with Gasteiger partial charge in [-0.1, -0.05) is 13.8 Å². The van der Waals surface area contributed by atoms with Crippen LogP contribution in [0.3, 0.4) is 0 Å². The third-order valence-electron chi connectivity index (χ3n) is 3.77. The van der Waals surface area contributed by atoms with Crippen molar-refractivity contribution in [2.45, 2.75) is 26.7 Å². The molecule has 1 fully saturated rings. The predicted octanol–water partition coefficient (Wildman–Crippen LogP) is 1.92. The number of nitrogens with two attached hydrogens (primary N) is 1. The van der Waals surface area contributed by atoms with Gasteiger partial charge in [0, 0.05) is 6.54 Å². The van der Waals surface area contributed by atoms with Gasteiger partial charge in [-0.3, -0.25) is 0 Å². The van der Waals surface area contributed by atoms with E-state index in [1.165, 1.54) is 19.2 Å². The van der Waals surface area contributed by atoms with Crippen molar-refractivity contribution in [2.24, 2.45) is 11.3 Å². The fraction of sp³-hybridized carbons (Fsp3) is 0.667. The minimum absolute atomic E-state index is 0.421. The molecule has 0 atom stereocenters. The van der Waals surface area contributed by atoms with E-state index in [-0.39, 0.29) is 0 Å². The van der Waals surface area contributed by atoms with E-state index in [0.29, 0.717) is 28.7 Å². The molecule has 3 N–H and O–H groups in total. The molecule has 1 aromatic rings. The van der Waals surface area contributed by atoms with Gasteiger partial charge in [-0.15, -0.1) is 0 Å². The lowest BCUT2D eigenvalue weighted by Gasteiger charge is -2.21. The molecule has 0 saturated heterocycles. The van der Waals surface area contributed by atoms with Gasteiger partial charge in [0.2, 0.25) is 5.88 Å². The molecule has 0 unspecified atom stereocenters. The molecule has 1 saturated carbocycles. The summed E-state index contributed by atoms with van der Waals surface area (Å²) in [6.45, 7) is 5.44. The SMILES string of the molecule is COc1ncnc(NCC2(C(C)C)CC2)c1N. The number of nitrogens with zero attached hydrogens (tertiary/aromatic N) is 2. The number of rotatable bonds is 5. The Morgan fingerprint density at radius 3 is 2.71 bits per heavy atom. The fourth-order valence-electron chi connectivity index (χ4n) is 2.06. The van der Waals surface area contributed by atoms with Crippen LogP contribution >= 0.6 is 0 Å². The summed E-state index contributed by atoms with van der Waals surface area (Å²) in [4.78, 5) is 8.10. The molecule has 0 bridgehead atoms. The highest BCUT2D eigenvalue weighted by Crippen LogP contribution is 2.51. The van der Waals surface area contributed by atoms with Gasteiger partial charge in [0.25, 0.3) is 0 Å². The Morgan fingerprint density at radius 1 is 1.47 bits per heavy atom. The van der Waals surface area contributed by atoms with E-state index in [1.807, 2.05) is 0 Å². The standard InChI is InChI=1S/C12H20N4O/c1-8(2)12(4-5-12)6-14-10-9(13)11(17-3)16-7-15-10/h7-8H,4-6,13H2,1-3H3,(H,14,15,16). The molecular weight excluding hydrogens is 216 g/mol. The van der Waals surface area contributed by atoms with Crippen molar-refractivity contribution < 1.29 is 4.74 Å². The lowest BCUT2D eigenvalue weighted by atomic mass is 9.92. The number of aromatic nitrogens is 2. The van der Waals surface area contributed by atoms with E-state index in [0.717, 1.165) is 6.54 Å². The zero-order valence-electron chi connectivity index (χ0n) is 10.7. The summed E-state index contributed by atoms with van der Waals surface area (Å²) >= 11 is 0. The summed E-state index contributed by atoms with van der Waals surface area (Å²) < 4.78 is 5.06. The van der Waals surface area contributed by atoms with Crippen LogP contribution in [0.5, 0.6) is 5.88 Å². The lowest BCUT2D eigenvalue weighted by molar-refractivity contribution is 0.379. The minimum atomic E-state index is 0.421. The summed E-state index contributed by atoms with van der Waals surface area (Å²) in [5.74, 6) is 1.78. The number of anilines is 2. The summed E-state index contributed by atoms with van der Waals surface area (Å²) in [5.41, 5.74) is 6.81. The first kappa shape index (κ1) is 12.0. The first-order valence-electron chi connectivity index (χ1n) is 5.97. The van der Waals surface area contributed by atoms with Crippen LogP contribution in [0, 0.1) is 11.3 Å². The van der Waals surface area contributed by atoms with E-state index in [4.69, 9.17) is 10.5 Å². The quantitative estimate of drug-likeness (QED) is 0.817. The second kappa shape index (κ2) is 4.39. The minimum Gasteiger partial charge on any atom is -0.479 e. The molecule has 2 rings (SSSR count). The molecule has 17 heavy (non-hydrogen) atoms. The van der Waals surface area contributed by atoms with Crippen LogP contribution in [0.1, 0.15) is 26.7 Å². The van der Waals surface area contributed by atoms with E-state index >= 15 is 0 Å². The van der Waals surface area contributed by atoms with Crippen LogP contribution in [0.25, 0.3) is 0 Å². The predicted molar refractivity (Wildman–Crippen MR) is 68.0 cm³/mol. The lowest BCUT2D eigenvalue weighted by Crippen LogP contribution is -2.22. The molecule has 0 radical (unpaired) electrons. The molecular formula is C12H20N4O. The molecule has 1 aliphatic rings. The summed E-state index contributed by atoms with van der Waals surface area (Å²) in [5, 5.41) is 3.32. The Hall–Kier alpha value is -1.52. The molecule has 0 aromatic carbocycles. The highest BCUT2D eigenvalue weighted by atomic mass is 16.5. The smallest absolute Gasteiger partial charge is 0.242 e. The number of hydrogen-bond acceptors (Lipinski definition) is 5. The van der Waals surface area contributed by atoms with Crippen molar-refractivity contribution >= 4 is 11.5 Å². The van der Waals surface area contributed by atoms with E-state index in [1.54, 1.807) is 7.11 Å². The largest absolute Gasteiger partial charge is 0.479 e. The first-order valence-corrected chi connectivity index (χ1v) is 5.97. The van der Waals surface area contributed by atoms with E-state index in [9.17, 15) is 0 Å². The maximum atomic E-state index is 5.91. The molecule has 0 amide bonds. The Morgan fingerprint density at radius 2 is 2.18 bits per heavy atom. The molecule has 0 aliphatic heterocycles. The van der Waals surface area contributed by atoms with Gasteiger partial charge in [-0.2, -0.15) is 4.98 Å². The van der Waals surface area contributed by atoms with Crippen LogP contribution in [0.15, 0.2) is 6.33 Å². The van der Waals surface area contributed by atoms with Crippen LogP contribution in [-0.2, 0) is 0 Å². The Bertz CT molecular complexity index is 401. The van der Waals surface area contributed by atoms with Crippen molar-refractivity contribution in [1.29, 1.82) is 0 Å². The number of methoxy groups -OCH3 is 1. The molecule has 1 heterocycles. The van der Waals surface area contributed by atoms with Gasteiger partial charge < -0.3 is 15.8 Å². The average molecular weight is 236 g/mol. The molecule has 1 aliphatic carbocycles. The molecule has 1 aromatic heterocycles. The summed E-state index contributed by atoms with van der Waals surface area (Å²) in [7, 11) is 1.55. The van der Waals surface area contributed by atoms with Gasteiger partial charge >= 0.3 is 0 Å². The normalized spacial score (nSPS) is 16.9. The summed E-state index contributed by atoms with van der Waals surface area (Å²) in [6.07, 6.45) is 4.02.